The fourth-order valence-electron chi connectivity index (χ4n) is 4.66. The highest BCUT2D eigenvalue weighted by Gasteiger charge is 2.50. The minimum Gasteiger partial charge on any atom is -0.480 e. The Morgan fingerprint density at radius 3 is 2.02 bits per heavy atom. The molecule has 4 rings (SSSR count). The molecular weight excluding hydrogens is 618 g/mol. The number of sulfonamides is 1. The number of carbonyl (C=O) groups is 2. The number of halogens is 3. The summed E-state index contributed by atoms with van der Waals surface area (Å²) < 4.78 is 66.8. The van der Waals surface area contributed by atoms with E-state index in [1.54, 1.807) is 0 Å². The zero-order valence-corrected chi connectivity index (χ0v) is 24.7. The summed E-state index contributed by atoms with van der Waals surface area (Å²) in [5.41, 5.74) is -1.18. The van der Waals surface area contributed by atoms with Crippen LogP contribution in [-0.2, 0) is 35.9 Å². The third kappa shape index (κ3) is 6.41. The van der Waals surface area contributed by atoms with E-state index in [4.69, 9.17) is 23.2 Å². The maximum absolute atomic E-state index is 13.4. The van der Waals surface area contributed by atoms with E-state index < -0.39 is 49.1 Å². The number of carbonyl (C=O) groups excluding carboxylic acids is 1. The Kier molecular flexibility index (Phi) is 8.81. The fraction of sp³-hybridized carbons (Fsp3) is 0.259. The van der Waals surface area contributed by atoms with Crippen LogP contribution in [0, 0.1) is 5.82 Å². The lowest BCUT2D eigenvalue weighted by atomic mass is 9.97. The molecule has 1 saturated heterocycles. The van der Waals surface area contributed by atoms with Crippen LogP contribution in [0.5, 0.6) is 0 Å². The van der Waals surface area contributed by atoms with E-state index in [0.717, 1.165) is 28.6 Å². The molecular formula is C27H25Cl2FN2O7S2. The van der Waals surface area contributed by atoms with Gasteiger partial charge in [0.25, 0.3) is 0 Å². The summed E-state index contributed by atoms with van der Waals surface area (Å²) in [7, 11) is -8.15. The molecule has 41 heavy (non-hydrogen) atoms. The number of carboxylic acids is 1. The van der Waals surface area contributed by atoms with Gasteiger partial charge in [-0.15, -0.1) is 0 Å². The second-order valence-electron chi connectivity index (χ2n) is 9.73. The fourth-order valence-corrected chi connectivity index (χ4v) is 8.46. The highest BCUT2D eigenvalue weighted by Crippen LogP contribution is 2.36. The SMILES string of the molecule is C[C@@]1(C(=O)NC(Cc2ccc(S(=O)(=O)c3ccc(F)cc3)cc2)C(=O)O)CCCN1S(=O)(=O)c1cc(Cl)cc(Cl)c1. The highest BCUT2D eigenvalue weighted by atomic mass is 35.5. The molecule has 1 amide bonds. The number of hydrogen-bond donors (Lipinski definition) is 2. The van der Waals surface area contributed by atoms with Crippen molar-refractivity contribution in [1.29, 1.82) is 0 Å². The molecule has 2 atom stereocenters. The van der Waals surface area contributed by atoms with Gasteiger partial charge in [0, 0.05) is 23.0 Å². The van der Waals surface area contributed by atoms with Crippen LogP contribution < -0.4 is 5.32 Å². The number of hydrogen-bond acceptors (Lipinski definition) is 6. The Labute approximate surface area is 246 Å². The van der Waals surface area contributed by atoms with Crippen molar-refractivity contribution in [3.8, 4) is 0 Å². The minimum absolute atomic E-state index is 0.0259. The van der Waals surface area contributed by atoms with Crippen molar-refractivity contribution in [3.05, 3.63) is 88.2 Å². The molecule has 0 spiro atoms. The van der Waals surface area contributed by atoms with Crippen molar-refractivity contribution in [2.45, 2.75) is 52.5 Å². The van der Waals surface area contributed by atoms with Crippen molar-refractivity contribution in [3.63, 3.8) is 0 Å². The Morgan fingerprint density at radius 1 is 0.951 bits per heavy atom. The number of nitrogens with one attached hydrogen (secondary N) is 1. The molecule has 14 heteroatoms. The second kappa shape index (κ2) is 11.7. The first-order valence-corrected chi connectivity index (χ1v) is 15.9. The highest BCUT2D eigenvalue weighted by molar-refractivity contribution is 7.91. The first kappa shape index (κ1) is 30.9. The van der Waals surface area contributed by atoms with Crippen LogP contribution in [0.1, 0.15) is 25.3 Å². The predicted molar refractivity (Wildman–Crippen MR) is 150 cm³/mol. The van der Waals surface area contributed by atoms with E-state index >= 15 is 0 Å². The van der Waals surface area contributed by atoms with Crippen LogP contribution in [0.4, 0.5) is 4.39 Å². The number of aliphatic carboxylic acids is 1. The lowest BCUT2D eigenvalue weighted by Crippen LogP contribution is -2.58. The van der Waals surface area contributed by atoms with E-state index in [0.29, 0.717) is 12.0 Å². The molecule has 1 aliphatic heterocycles. The molecule has 3 aromatic carbocycles. The van der Waals surface area contributed by atoms with E-state index in [1.165, 1.54) is 49.4 Å². The number of benzene rings is 3. The van der Waals surface area contributed by atoms with Crippen molar-refractivity contribution in [2.24, 2.45) is 0 Å². The lowest BCUT2D eigenvalue weighted by molar-refractivity contribution is -0.143. The van der Waals surface area contributed by atoms with Crippen LogP contribution in [0.3, 0.4) is 0 Å². The molecule has 1 fully saturated rings. The maximum atomic E-state index is 13.4. The van der Waals surface area contributed by atoms with Gasteiger partial charge in [-0.3, -0.25) is 4.79 Å². The van der Waals surface area contributed by atoms with Crippen molar-refractivity contribution >= 4 is 54.9 Å². The zero-order chi connectivity index (χ0) is 30.2. The van der Waals surface area contributed by atoms with Gasteiger partial charge in [0.05, 0.1) is 14.7 Å². The van der Waals surface area contributed by atoms with Crippen molar-refractivity contribution < 1.29 is 35.9 Å². The number of amides is 1. The van der Waals surface area contributed by atoms with Crippen LogP contribution in [-0.4, -0.2) is 56.2 Å². The molecule has 0 aliphatic carbocycles. The van der Waals surface area contributed by atoms with Gasteiger partial charge in [-0.1, -0.05) is 35.3 Å². The summed E-state index contributed by atoms with van der Waals surface area (Å²) in [6, 6.07) is 12.1. The topological polar surface area (TPSA) is 138 Å². The van der Waals surface area contributed by atoms with Crippen molar-refractivity contribution in [2.75, 3.05) is 6.54 Å². The van der Waals surface area contributed by atoms with Gasteiger partial charge in [-0.25, -0.2) is 26.0 Å². The Morgan fingerprint density at radius 2 is 1.49 bits per heavy atom. The average molecular weight is 644 g/mol. The quantitative estimate of drug-likeness (QED) is 0.332. The third-order valence-corrected chi connectivity index (χ3v) is 11.1. The summed E-state index contributed by atoms with van der Waals surface area (Å²) in [6.07, 6.45) is 0.304. The van der Waals surface area contributed by atoms with Gasteiger partial charge in [0.15, 0.2) is 0 Å². The standard InChI is InChI=1S/C27H25Cl2FN2O7S2/c1-27(11-2-12-32(27)41(38,39)23-15-18(28)14-19(29)16-23)26(35)31-24(25(33)34)13-17-3-7-21(8-4-17)40(36,37)22-9-5-20(30)6-10-22/h3-10,14-16,24H,2,11-13H2,1H3,(H,31,35)(H,33,34)/t24?,27-/m0/s1. The van der Waals surface area contributed by atoms with Gasteiger partial charge in [-0.05, 0) is 79.9 Å². The number of nitrogens with zero attached hydrogens (tertiary/aromatic N) is 1. The molecule has 1 heterocycles. The van der Waals surface area contributed by atoms with Gasteiger partial charge < -0.3 is 10.4 Å². The largest absolute Gasteiger partial charge is 0.480 e. The molecule has 1 unspecified atom stereocenters. The third-order valence-electron chi connectivity index (χ3n) is 6.89. The Bertz CT molecular complexity index is 1680. The maximum Gasteiger partial charge on any atom is 0.326 e. The van der Waals surface area contributed by atoms with E-state index in [1.807, 2.05) is 0 Å². The molecule has 218 valence electrons. The van der Waals surface area contributed by atoms with Gasteiger partial charge >= 0.3 is 5.97 Å². The molecule has 1 aliphatic rings. The Balaban J connectivity index is 1.53. The Hall–Kier alpha value is -3.03. The van der Waals surface area contributed by atoms with E-state index in [-0.39, 0.29) is 44.1 Å². The molecule has 0 saturated carbocycles. The summed E-state index contributed by atoms with van der Waals surface area (Å²) in [5, 5.41) is 12.5. The van der Waals surface area contributed by atoms with Gasteiger partial charge in [-0.2, -0.15) is 4.31 Å². The first-order chi connectivity index (χ1) is 19.1. The lowest BCUT2D eigenvalue weighted by Gasteiger charge is -2.34. The second-order valence-corrected chi connectivity index (χ2v) is 14.4. The molecule has 0 bridgehead atoms. The minimum atomic E-state index is -4.22. The normalized spacial score (nSPS) is 18.6. The molecule has 3 aromatic rings. The van der Waals surface area contributed by atoms with Gasteiger partial charge in [0.2, 0.25) is 25.8 Å². The first-order valence-electron chi connectivity index (χ1n) is 12.3. The molecule has 9 nitrogen and oxygen atoms in total. The monoisotopic (exact) mass is 642 g/mol. The summed E-state index contributed by atoms with van der Waals surface area (Å²) in [5.74, 6) is -2.74. The van der Waals surface area contributed by atoms with Crippen LogP contribution >= 0.6 is 23.2 Å². The average Bonchev–Trinajstić information content (AvgIpc) is 3.32. The van der Waals surface area contributed by atoms with Crippen LogP contribution in [0.2, 0.25) is 10.0 Å². The number of sulfone groups is 1. The predicted octanol–water partition coefficient (Wildman–Crippen LogP) is 4.32. The number of rotatable bonds is 9. The van der Waals surface area contributed by atoms with E-state index in [2.05, 4.69) is 5.32 Å². The summed E-state index contributed by atoms with van der Waals surface area (Å²) in [4.78, 5) is 25.1. The molecule has 0 radical (unpaired) electrons. The van der Waals surface area contributed by atoms with Crippen molar-refractivity contribution in [1.82, 2.24) is 9.62 Å². The molecule has 2 N–H and O–H groups in total. The van der Waals surface area contributed by atoms with Crippen LogP contribution in [0.15, 0.2) is 81.4 Å². The smallest absolute Gasteiger partial charge is 0.326 e. The zero-order valence-electron chi connectivity index (χ0n) is 21.6. The number of carboxylic acid groups (broad SMARTS) is 1. The van der Waals surface area contributed by atoms with E-state index in [9.17, 15) is 35.9 Å². The summed E-state index contributed by atoms with van der Waals surface area (Å²) >= 11 is 12.0. The van der Waals surface area contributed by atoms with Crippen LogP contribution in [0.25, 0.3) is 0 Å². The van der Waals surface area contributed by atoms with Gasteiger partial charge in [0.1, 0.15) is 17.4 Å². The molecule has 0 aromatic heterocycles. The summed E-state index contributed by atoms with van der Waals surface area (Å²) in [6.45, 7) is 1.45.